The van der Waals surface area contributed by atoms with E-state index in [1.807, 2.05) is 0 Å². The van der Waals surface area contributed by atoms with Crippen LogP contribution in [0.3, 0.4) is 0 Å². The zero-order chi connectivity index (χ0) is 18.6. The minimum atomic E-state index is -1.25. The van der Waals surface area contributed by atoms with Crippen molar-refractivity contribution in [2.24, 2.45) is 7.05 Å². The smallest absolute Gasteiger partial charge is 0.185 e. The minimum Gasteiger partial charge on any atom is -0.366 e. The molecule has 0 amide bonds. The lowest BCUT2D eigenvalue weighted by Crippen LogP contribution is -2.00. The van der Waals surface area contributed by atoms with Crippen molar-refractivity contribution in [2.75, 3.05) is 6.86 Å². The molecule has 1 heterocycles. The van der Waals surface area contributed by atoms with Crippen LogP contribution >= 0.6 is 11.6 Å². The normalized spacial score (nSPS) is 10.4. The molecule has 0 saturated carbocycles. The Morgan fingerprint density at radius 1 is 1.00 bits per heavy atom. The van der Waals surface area contributed by atoms with Gasteiger partial charge in [0.15, 0.2) is 18.5 Å². The van der Waals surface area contributed by atoms with Crippen LogP contribution in [-0.2, 0) is 7.05 Å². The lowest BCUT2D eigenvalue weighted by molar-refractivity contribution is 0.168. The molecule has 0 bridgehead atoms. The van der Waals surface area contributed by atoms with E-state index in [1.165, 1.54) is 35.9 Å². The number of aliphatic hydroxyl groups excluding tert-OH is 1. The van der Waals surface area contributed by atoms with Gasteiger partial charge in [-0.1, -0.05) is 17.7 Å². The highest BCUT2D eigenvalue weighted by molar-refractivity contribution is 6.30. The molecule has 3 aromatic rings. The van der Waals surface area contributed by atoms with Crippen molar-refractivity contribution < 1.29 is 22.7 Å². The number of hydrogen-bond donors (Lipinski definition) is 1. The van der Waals surface area contributed by atoms with Gasteiger partial charge in [-0.05, 0) is 30.3 Å². The molecule has 0 fully saturated rings. The van der Waals surface area contributed by atoms with Gasteiger partial charge in [-0.25, -0.2) is 17.6 Å². The van der Waals surface area contributed by atoms with Crippen LogP contribution in [-0.4, -0.2) is 26.7 Å². The van der Waals surface area contributed by atoms with Gasteiger partial charge in [0.1, 0.15) is 17.5 Å². The van der Waals surface area contributed by atoms with Crippen LogP contribution in [0.25, 0.3) is 22.8 Å². The minimum absolute atomic E-state index is 0.0371. The van der Waals surface area contributed by atoms with Crippen molar-refractivity contribution in [1.82, 2.24) is 14.8 Å². The maximum atomic E-state index is 13.9. The topological polar surface area (TPSA) is 50.9 Å². The van der Waals surface area contributed by atoms with Crippen molar-refractivity contribution in [1.29, 1.82) is 0 Å². The molecule has 0 aliphatic carbocycles. The molecule has 9 heteroatoms. The molecule has 1 aromatic heterocycles. The molecule has 0 spiro atoms. The number of benzene rings is 2. The van der Waals surface area contributed by atoms with Gasteiger partial charge in [-0.2, -0.15) is 0 Å². The highest BCUT2D eigenvalue weighted by atomic mass is 35.5. The number of aromatic nitrogens is 3. The Morgan fingerprint density at radius 2 is 1.56 bits per heavy atom. The van der Waals surface area contributed by atoms with E-state index in [9.17, 15) is 17.6 Å². The fraction of sp³-hybridized carbons (Fsp3) is 0.125. The number of hydrogen-bond acceptors (Lipinski definition) is 3. The van der Waals surface area contributed by atoms with E-state index in [-0.39, 0.29) is 22.8 Å². The summed E-state index contributed by atoms with van der Waals surface area (Å²) >= 11 is 5.85. The van der Waals surface area contributed by atoms with Crippen molar-refractivity contribution in [3.63, 3.8) is 0 Å². The molecular formula is C16H12ClF4N3O. The summed E-state index contributed by atoms with van der Waals surface area (Å²) in [4.78, 5) is 0. The monoisotopic (exact) mass is 373 g/mol. The zero-order valence-electron chi connectivity index (χ0n) is 12.8. The predicted molar refractivity (Wildman–Crippen MR) is 85.0 cm³/mol. The number of halogens is 5. The summed E-state index contributed by atoms with van der Waals surface area (Å²) in [6.45, 7) is -1.25. The Kier molecular flexibility index (Phi) is 6.11. The molecule has 3 rings (SSSR count). The van der Waals surface area contributed by atoms with Gasteiger partial charge in [0.25, 0.3) is 0 Å². The van der Waals surface area contributed by atoms with Gasteiger partial charge >= 0.3 is 0 Å². The van der Waals surface area contributed by atoms with E-state index in [0.717, 1.165) is 12.1 Å². The Labute approximate surface area is 145 Å². The molecular weight excluding hydrogens is 362 g/mol. The number of aliphatic hydroxyl groups is 1. The fourth-order valence-corrected chi connectivity index (χ4v) is 2.33. The largest absolute Gasteiger partial charge is 0.366 e. The maximum Gasteiger partial charge on any atom is 0.185 e. The van der Waals surface area contributed by atoms with Crippen molar-refractivity contribution >= 4 is 11.6 Å². The van der Waals surface area contributed by atoms with Crippen LogP contribution in [0.5, 0.6) is 0 Å². The second-order valence-electron chi connectivity index (χ2n) is 4.75. The Balaban J connectivity index is 0.000000701. The summed E-state index contributed by atoms with van der Waals surface area (Å²) in [6, 6.07) is 7.45. The maximum absolute atomic E-state index is 13.9. The molecule has 0 radical (unpaired) electrons. The first-order valence-electron chi connectivity index (χ1n) is 6.86. The number of alkyl halides is 1. The molecule has 4 nitrogen and oxygen atoms in total. The van der Waals surface area contributed by atoms with Crippen LogP contribution in [0.4, 0.5) is 17.6 Å². The van der Waals surface area contributed by atoms with Crippen LogP contribution in [0.15, 0.2) is 36.4 Å². The number of nitrogens with zero attached hydrogens (tertiary/aromatic N) is 3. The molecule has 132 valence electrons. The van der Waals surface area contributed by atoms with E-state index in [2.05, 4.69) is 10.2 Å². The van der Waals surface area contributed by atoms with Crippen LogP contribution in [0.2, 0.25) is 5.02 Å². The molecule has 0 aliphatic rings. The van der Waals surface area contributed by atoms with Crippen LogP contribution in [0, 0.1) is 17.5 Å². The highest BCUT2D eigenvalue weighted by Gasteiger charge is 2.20. The first-order valence-corrected chi connectivity index (χ1v) is 7.24. The quantitative estimate of drug-likeness (QED) is 0.687. The highest BCUT2D eigenvalue weighted by Crippen LogP contribution is 2.29. The van der Waals surface area contributed by atoms with E-state index < -0.39 is 24.3 Å². The molecule has 1 N–H and O–H groups in total. The summed E-state index contributed by atoms with van der Waals surface area (Å²) < 4.78 is 52.8. The van der Waals surface area contributed by atoms with Crippen LogP contribution in [0.1, 0.15) is 0 Å². The molecule has 0 saturated heterocycles. The van der Waals surface area contributed by atoms with Gasteiger partial charge in [0.2, 0.25) is 0 Å². The first-order chi connectivity index (χ1) is 11.9. The van der Waals surface area contributed by atoms with Gasteiger partial charge < -0.3 is 9.67 Å². The van der Waals surface area contributed by atoms with E-state index in [0.29, 0.717) is 5.02 Å². The summed E-state index contributed by atoms with van der Waals surface area (Å²) in [6.07, 6.45) is 0. The fourth-order valence-electron chi connectivity index (χ4n) is 2.16. The SMILES string of the molecule is Cn1c(-c2cc(Cl)ccc2F)nnc1-c1c(F)cccc1F.OCF. The van der Waals surface area contributed by atoms with Crippen molar-refractivity contribution in [3.8, 4) is 22.8 Å². The summed E-state index contributed by atoms with van der Waals surface area (Å²) in [5, 5.41) is 14.8. The molecule has 0 atom stereocenters. The average Bonchev–Trinajstić information content (AvgIpc) is 2.92. The average molecular weight is 374 g/mol. The Hall–Kier alpha value is -2.45. The lowest BCUT2D eigenvalue weighted by Gasteiger charge is -2.07. The summed E-state index contributed by atoms with van der Waals surface area (Å²) in [5.41, 5.74) is -0.211. The first kappa shape index (κ1) is 18.9. The Bertz CT molecular complexity index is 866. The van der Waals surface area contributed by atoms with E-state index >= 15 is 0 Å². The zero-order valence-corrected chi connectivity index (χ0v) is 13.6. The third-order valence-electron chi connectivity index (χ3n) is 3.23. The second-order valence-corrected chi connectivity index (χ2v) is 5.18. The summed E-state index contributed by atoms with van der Waals surface area (Å²) in [5.74, 6) is -2.01. The summed E-state index contributed by atoms with van der Waals surface area (Å²) in [7, 11) is 1.50. The predicted octanol–water partition coefficient (Wildman–Crippen LogP) is 4.13. The standard InChI is InChI=1S/C15H9ClF3N3.CH3FO/c1-22-14(9-7-8(16)5-6-10(9)17)20-21-15(22)13-11(18)3-2-4-12(13)19;2-1-3/h2-7H,1H3;3H,1H2. The second kappa shape index (κ2) is 8.09. The van der Waals surface area contributed by atoms with Crippen LogP contribution < -0.4 is 0 Å². The van der Waals surface area contributed by atoms with Gasteiger partial charge in [-0.15, -0.1) is 10.2 Å². The van der Waals surface area contributed by atoms with Gasteiger partial charge in [0, 0.05) is 12.1 Å². The van der Waals surface area contributed by atoms with Gasteiger partial charge in [0.05, 0.1) is 11.1 Å². The van der Waals surface area contributed by atoms with Crippen molar-refractivity contribution in [3.05, 3.63) is 58.9 Å². The molecule has 2 aromatic carbocycles. The third kappa shape index (κ3) is 3.97. The van der Waals surface area contributed by atoms with E-state index in [4.69, 9.17) is 16.7 Å². The lowest BCUT2D eigenvalue weighted by atomic mass is 10.1. The number of rotatable bonds is 2. The molecule has 0 unspecified atom stereocenters. The third-order valence-corrected chi connectivity index (χ3v) is 3.47. The van der Waals surface area contributed by atoms with E-state index in [1.54, 1.807) is 0 Å². The Morgan fingerprint density at radius 3 is 2.16 bits per heavy atom. The van der Waals surface area contributed by atoms with Crippen molar-refractivity contribution in [2.45, 2.75) is 0 Å². The van der Waals surface area contributed by atoms with Gasteiger partial charge in [-0.3, -0.25) is 0 Å². The molecule has 0 aliphatic heterocycles. The molecule has 25 heavy (non-hydrogen) atoms.